The van der Waals surface area contributed by atoms with Gasteiger partial charge in [-0.15, -0.1) is 0 Å². The summed E-state index contributed by atoms with van der Waals surface area (Å²) >= 11 is 0. The molecular weight excluding hydrogens is 250 g/mol. The number of benzene rings is 1. The third-order valence-electron chi connectivity index (χ3n) is 4.10. The molecule has 1 aromatic heterocycles. The smallest absolute Gasteiger partial charge is 0.126 e. The van der Waals surface area contributed by atoms with Gasteiger partial charge in [0.15, 0.2) is 0 Å². The van der Waals surface area contributed by atoms with Crippen LogP contribution in [0.2, 0.25) is 0 Å². The molecule has 0 spiro atoms. The Balaban J connectivity index is 1.97. The number of aromatic nitrogens is 2. The Bertz CT molecular complexity index is 585. The van der Waals surface area contributed by atoms with Gasteiger partial charge in [0, 0.05) is 23.9 Å². The Morgan fingerprint density at radius 1 is 1.35 bits per heavy atom. The molecule has 1 saturated heterocycles. The van der Waals surface area contributed by atoms with Crippen molar-refractivity contribution < 1.29 is 4.74 Å². The zero-order valence-corrected chi connectivity index (χ0v) is 12.1. The van der Waals surface area contributed by atoms with Crippen molar-refractivity contribution in [2.24, 2.45) is 13.0 Å². The van der Waals surface area contributed by atoms with E-state index in [0.717, 1.165) is 30.8 Å². The highest BCUT2D eigenvalue weighted by atomic mass is 16.5. The lowest BCUT2D eigenvalue weighted by molar-refractivity contribution is 0.416. The topological polar surface area (TPSA) is 39.1 Å². The lowest BCUT2D eigenvalue weighted by atomic mass is 9.97. The summed E-state index contributed by atoms with van der Waals surface area (Å²) in [6.07, 6.45) is 4.27. The van der Waals surface area contributed by atoms with E-state index in [0.29, 0.717) is 5.92 Å². The first-order valence-electron chi connectivity index (χ1n) is 7.14. The largest absolute Gasteiger partial charge is 0.496 e. The third-order valence-corrected chi connectivity index (χ3v) is 4.10. The van der Waals surface area contributed by atoms with Crippen molar-refractivity contribution in [1.82, 2.24) is 15.1 Å². The van der Waals surface area contributed by atoms with Crippen molar-refractivity contribution in [1.29, 1.82) is 0 Å². The van der Waals surface area contributed by atoms with Gasteiger partial charge in [-0.1, -0.05) is 18.2 Å². The summed E-state index contributed by atoms with van der Waals surface area (Å²) in [5.41, 5.74) is 3.61. The summed E-state index contributed by atoms with van der Waals surface area (Å²) in [6, 6.07) is 8.15. The van der Waals surface area contributed by atoms with Crippen LogP contribution in [0.4, 0.5) is 0 Å². The average molecular weight is 271 g/mol. The second kappa shape index (κ2) is 5.67. The van der Waals surface area contributed by atoms with Gasteiger partial charge in [0.1, 0.15) is 5.75 Å². The molecule has 1 fully saturated rings. The molecule has 1 aliphatic heterocycles. The maximum absolute atomic E-state index is 5.48. The van der Waals surface area contributed by atoms with Crippen LogP contribution in [0.15, 0.2) is 30.5 Å². The molecule has 1 N–H and O–H groups in total. The summed E-state index contributed by atoms with van der Waals surface area (Å²) in [6.45, 7) is 2.24. The Kier molecular flexibility index (Phi) is 3.74. The molecule has 1 aromatic carbocycles. The predicted molar refractivity (Wildman–Crippen MR) is 79.9 cm³/mol. The van der Waals surface area contributed by atoms with Crippen LogP contribution < -0.4 is 10.1 Å². The summed E-state index contributed by atoms with van der Waals surface area (Å²) in [4.78, 5) is 0. The second-order valence-electron chi connectivity index (χ2n) is 5.39. The third kappa shape index (κ3) is 2.43. The number of rotatable bonds is 4. The first kappa shape index (κ1) is 13.2. The van der Waals surface area contributed by atoms with Gasteiger partial charge < -0.3 is 10.1 Å². The molecule has 4 heteroatoms. The normalized spacial score (nSPS) is 18.4. The first-order chi connectivity index (χ1) is 9.79. The maximum Gasteiger partial charge on any atom is 0.126 e. The van der Waals surface area contributed by atoms with Gasteiger partial charge in [-0.25, -0.2) is 0 Å². The second-order valence-corrected chi connectivity index (χ2v) is 5.39. The maximum atomic E-state index is 5.48. The Morgan fingerprint density at radius 2 is 2.20 bits per heavy atom. The van der Waals surface area contributed by atoms with Crippen LogP contribution in [0.25, 0.3) is 11.1 Å². The first-order valence-corrected chi connectivity index (χ1v) is 7.14. The van der Waals surface area contributed by atoms with Gasteiger partial charge in [-0.3, -0.25) is 4.68 Å². The standard InChI is InChI=1S/C16H21N3O/c1-19-15(9-12-7-8-17-10-12)14(11-18-19)13-5-3-4-6-16(13)20-2/h3-6,11-12,17H,7-10H2,1-2H3. The molecule has 1 unspecified atom stereocenters. The minimum absolute atomic E-state index is 0.707. The number of nitrogens with one attached hydrogen (secondary N) is 1. The molecule has 0 radical (unpaired) electrons. The van der Waals surface area contributed by atoms with Crippen LogP contribution in [0.5, 0.6) is 5.75 Å². The fourth-order valence-electron chi connectivity index (χ4n) is 2.96. The van der Waals surface area contributed by atoms with Crippen LogP contribution in [0.3, 0.4) is 0 Å². The number of hydrogen-bond donors (Lipinski definition) is 1. The quantitative estimate of drug-likeness (QED) is 0.927. The molecule has 1 aliphatic rings. The van der Waals surface area contributed by atoms with Crippen molar-refractivity contribution >= 4 is 0 Å². The number of aryl methyl sites for hydroxylation is 1. The summed E-state index contributed by atoms with van der Waals surface area (Å²) in [5, 5.41) is 7.88. The monoisotopic (exact) mass is 271 g/mol. The van der Waals surface area contributed by atoms with E-state index in [1.165, 1.54) is 17.7 Å². The minimum Gasteiger partial charge on any atom is -0.496 e. The highest BCUT2D eigenvalue weighted by Crippen LogP contribution is 2.33. The Hall–Kier alpha value is -1.81. The fraction of sp³-hybridized carbons (Fsp3) is 0.438. The van der Waals surface area contributed by atoms with E-state index < -0.39 is 0 Å². The summed E-state index contributed by atoms with van der Waals surface area (Å²) in [5.74, 6) is 1.62. The van der Waals surface area contributed by atoms with Crippen molar-refractivity contribution in [2.75, 3.05) is 20.2 Å². The lowest BCUT2D eigenvalue weighted by Gasteiger charge is -2.13. The number of methoxy groups -OCH3 is 1. The number of hydrogen-bond acceptors (Lipinski definition) is 3. The minimum atomic E-state index is 0.707. The molecule has 106 valence electrons. The van der Waals surface area contributed by atoms with Crippen LogP contribution in [0.1, 0.15) is 12.1 Å². The van der Waals surface area contributed by atoms with Gasteiger partial charge >= 0.3 is 0 Å². The highest BCUT2D eigenvalue weighted by molar-refractivity contribution is 5.72. The molecule has 0 bridgehead atoms. The zero-order valence-electron chi connectivity index (χ0n) is 12.1. The molecule has 2 aromatic rings. The Labute approximate surface area is 119 Å². The summed E-state index contributed by atoms with van der Waals surface area (Å²) < 4.78 is 7.48. The fourth-order valence-corrected chi connectivity index (χ4v) is 2.96. The lowest BCUT2D eigenvalue weighted by Crippen LogP contribution is -2.13. The molecule has 2 heterocycles. The van der Waals surface area contributed by atoms with Crippen molar-refractivity contribution in [3.05, 3.63) is 36.2 Å². The van der Waals surface area contributed by atoms with Crippen LogP contribution in [-0.4, -0.2) is 30.0 Å². The van der Waals surface area contributed by atoms with Crippen molar-refractivity contribution in [3.63, 3.8) is 0 Å². The van der Waals surface area contributed by atoms with E-state index in [9.17, 15) is 0 Å². The number of para-hydroxylation sites is 1. The molecule has 20 heavy (non-hydrogen) atoms. The SMILES string of the molecule is COc1ccccc1-c1cnn(C)c1CC1CCNC1. The van der Waals surface area contributed by atoms with E-state index >= 15 is 0 Å². The van der Waals surface area contributed by atoms with E-state index in [-0.39, 0.29) is 0 Å². The van der Waals surface area contributed by atoms with Crippen LogP contribution >= 0.6 is 0 Å². The molecule has 0 amide bonds. The van der Waals surface area contributed by atoms with Gasteiger partial charge in [-0.2, -0.15) is 5.10 Å². The van der Waals surface area contributed by atoms with Crippen molar-refractivity contribution in [2.45, 2.75) is 12.8 Å². The van der Waals surface area contributed by atoms with Gasteiger partial charge in [-0.05, 0) is 37.9 Å². The molecule has 0 aliphatic carbocycles. The highest BCUT2D eigenvalue weighted by Gasteiger charge is 2.20. The number of ether oxygens (including phenoxy) is 1. The van der Waals surface area contributed by atoms with Gasteiger partial charge in [0.05, 0.1) is 13.3 Å². The molecular formula is C16H21N3O. The van der Waals surface area contributed by atoms with Crippen LogP contribution in [-0.2, 0) is 13.5 Å². The van der Waals surface area contributed by atoms with E-state index in [4.69, 9.17) is 4.74 Å². The molecule has 0 saturated carbocycles. The van der Waals surface area contributed by atoms with Crippen LogP contribution in [0, 0.1) is 5.92 Å². The molecule has 3 rings (SSSR count). The van der Waals surface area contributed by atoms with E-state index in [1.54, 1.807) is 7.11 Å². The van der Waals surface area contributed by atoms with Crippen molar-refractivity contribution in [3.8, 4) is 16.9 Å². The molecule has 1 atom stereocenters. The zero-order chi connectivity index (χ0) is 13.9. The van der Waals surface area contributed by atoms with E-state index in [1.807, 2.05) is 36.1 Å². The van der Waals surface area contributed by atoms with E-state index in [2.05, 4.69) is 16.5 Å². The summed E-state index contributed by atoms with van der Waals surface area (Å²) in [7, 11) is 3.74. The number of nitrogens with zero attached hydrogens (tertiary/aromatic N) is 2. The molecule has 4 nitrogen and oxygen atoms in total. The Morgan fingerprint density at radius 3 is 2.95 bits per heavy atom. The van der Waals surface area contributed by atoms with Gasteiger partial charge in [0.25, 0.3) is 0 Å². The predicted octanol–water partition coefficient (Wildman–Crippen LogP) is 2.25. The average Bonchev–Trinajstić information content (AvgIpc) is 3.11. The van der Waals surface area contributed by atoms with Gasteiger partial charge in [0.2, 0.25) is 0 Å².